The third kappa shape index (κ3) is 3.26. The van der Waals surface area contributed by atoms with Crippen LogP contribution < -0.4 is 9.64 Å². The number of ether oxygens (including phenoxy) is 1. The predicted molar refractivity (Wildman–Crippen MR) is 106 cm³/mol. The molecule has 0 spiro atoms. The highest BCUT2D eigenvalue weighted by Gasteiger charge is 2.31. The van der Waals surface area contributed by atoms with Crippen molar-refractivity contribution in [2.75, 3.05) is 31.6 Å². The molecule has 1 aliphatic rings. The summed E-state index contributed by atoms with van der Waals surface area (Å²) in [5.74, 6) is 0.784. The fourth-order valence-electron chi connectivity index (χ4n) is 3.32. The maximum absolute atomic E-state index is 13.1. The monoisotopic (exact) mass is 404 g/mol. The summed E-state index contributed by atoms with van der Waals surface area (Å²) in [5.41, 5.74) is 2.05. The molecule has 7 nitrogen and oxygen atoms in total. The Labute approximate surface area is 162 Å². The van der Waals surface area contributed by atoms with E-state index in [1.807, 2.05) is 24.3 Å². The molecule has 0 amide bonds. The van der Waals surface area contributed by atoms with Gasteiger partial charge in [0.25, 0.3) is 0 Å². The van der Waals surface area contributed by atoms with Gasteiger partial charge in [0.1, 0.15) is 27.8 Å². The van der Waals surface area contributed by atoms with Gasteiger partial charge in [-0.15, -0.1) is 0 Å². The van der Waals surface area contributed by atoms with E-state index in [-0.39, 0.29) is 17.5 Å². The Morgan fingerprint density at radius 3 is 2.85 bits per heavy atom. The SMILES string of the molecule is CCN1C[C@@H](CN(C)S(=O)(=O)c2cccc3nsnc23)Oc2ccccc21. The molecule has 2 heterocycles. The minimum absolute atomic E-state index is 0.180. The summed E-state index contributed by atoms with van der Waals surface area (Å²) >= 11 is 1.01. The molecule has 0 fully saturated rings. The number of aromatic nitrogens is 2. The van der Waals surface area contributed by atoms with Crippen molar-refractivity contribution in [3.8, 4) is 5.75 Å². The Hall–Kier alpha value is -2.23. The van der Waals surface area contributed by atoms with Crippen LogP contribution in [0.3, 0.4) is 0 Å². The second-order valence-electron chi connectivity index (χ2n) is 6.42. The van der Waals surface area contributed by atoms with E-state index in [1.54, 1.807) is 25.2 Å². The number of para-hydroxylation sites is 2. The molecule has 0 unspecified atom stereocenters. The lowest BCUT2D eigenvalue weighted by Gasteiger charge is -2.36. The molecule has 9 heteroatoms. The molecule has 1 aromatic heterocycles. The molecule has 3 aromatic rings. The number of sulfonamides is 1. The highest BCUT2D eigenvalue weighted by Crippen LogP contribution is 2.33. The Balaban J connectivity index is 1.59. The number of hydrogen-bond acceptors (Lipinski definition) is 7. The Morgan fingerprint density at radius 1 is 1.22 bits per heavy atom. The van der Waals surface area contributed by atoms with Crippen molar-refractivity contribution < 1.29 is 13.2 Å². The highest BCUT2D eigenvalue weighted by molar-refractivity contribution is 7.89. The smallest absolute Gasteiger partial charge is 0.245 e. The minimum atomic E-state index is -3.70. The van der Waals surface area contributed by atoms with Crippen LogP contribution in [0.4, 0.5) is 5.69 Å². The van der Waals surface area contributed by atoms with Crippen molar-refractivity contribution in [2.24, 2.45) is 0 Å². The van der Waals surface area contributed by atoms with Gasteiger partial charge in [-0.1, -0.05) is 18.2 Å². The quantitative estimate of drug-likeness (QED) is 0.651. The number of nitrogens with zero attached hydrogens (tertiary/aromatic N) is 4. The summed E-state index contributed by atoms with van der Waals surface area (Å²) in [5, 5.41) is 0. The first-order chi connectivity index (χ1) is 13.0. The maximum atomic E-state index is 13.1. The molecule has 1 atom stereocenters. The topological polar surface area (TPSA) is 75.6 Å². The Kier molecular flexibility index (Phi) is 4.75. The molecule has 0 aliphatic carbocycles. The van der Waals surface area contributed by atoms with Gasteiger partial charge in [-0.2, -0.15) is 13.1 Å². The first kappa shape index (κ1) is 18.1. The van der Waals surface area contributed by atoms with Crippen LogP contribution in [0.1, 0.15) is 6.92 Å². The fraction of sp³-hybridized carbons (Fsp3) is 0.333. The van der Waals surface area contributed by atoms with Gasteiger partial charge in [0, 0.05) is 13.6 Å². The van der Waals surface area contributed by atoms with Gasteiger partial charge in [0.05, 0.1) is 30.5 Å². The van der Waals surface area contributed by atoms with E-state index in [4.69, 9.17) is 4.74 Å². The molecule has 4 rings (SSSR count). The van der Waals surface area contributed by atoms with Gasteiger partial charge in [-0.3, -0.25) is 0 Å². The minimum Gasteiger partial charge on any atom is -0.485 e. The standard InChI is InChI=1S/C18H20N4O3S2/c1-3-22-12-13(25-16-9-5-4-8-15(16)22)11-21(2)27(23,24)17-10-6-7-14-18(17)20-26-19-14/h4-10,13H,3,11-12H2,1-2H3/t13-/m1/s1. The third-order valence-corrected chi connectivity index (χ3v) is 7.10. The van der Waals surface area contributed by atoms with Gasteiger partial charge >= 0.3 is 0 Å². The summed E-state index contributed by atoms with van der Waals surface area (Å²) in [6.45, 7) is 3.80. The molecule has 142 valence electrons. The van der Waals surface area contributed by atoms with E-state index < -0.39 is 10.0 Å². The number of hydrogen-bond donors (Lipinski definition) is 0. The fourth-order valence-corrected chi connectivity index (χ4v) is 5.27. The Morgan fingerprint density at radius 2 is 2.04 bits per heavy atom. The summed E-state index contributed by atoms with van der Waals surface area (Å²) in [4.78, 5) is 2.38. The van der Waals surface area contributed by atoms with Crippen molar-refractivity contribution in [1.29, 1.82) is 0 Å². The lowest BCUT2D eigenvalue weighted by molar-refractivity contribution is 0.171. The molecule has 0 saturated carbocycles. The van der Waals surface area contributed by atoms with E-state index in [0.717, 1.165) is 29.7 Å². The van der Waals surface area contributed by atoms with E-state index in [1.165, 1.54) is 4.31 Å². The van der Waals surface area contributed by atoms with Crippen LogP contribution in [0, 0.1) is 0 Å². The molecule has 0 N–H and O–H groups in total. The summed E-state index contributed by atoms with van der Waals surface area (Å²) in [6, 6.07) is 12.9. The molecule has 1 aliphatic heterocycles. The van der Waals surface area contributed by atoms with Gasteiger partial charge in [-0.25, -0.2) is 8.42 Å². The van der Waals surface area contributed by atoms with E-state index in [9.17, 15) is 8.42 Å². The van der Waals surface area contributed by atoms with Crippen LogP contribution in [0.2, 0.25) is 0 Å². The average Bonchev–Trinajstić information content (AvgIpc) is 3.15. The van der Waals surface area contributed by atoms with Gasteiger partial charge in [0.2, 0.25) is 10.0 Å². The number of fused-ring (bicyclic) bond motifs is 2. The number of benzene rings is 2. The average molecular weight is 405 g/mol. The molecular formula is C18H20N4O3S2. The molecular weight excluding hydrogens is 384 g/mol. The zero-order valence-corrected chi connectivity index (χ0v) is 16.7. The van der Waals surface area contributed by atoms with Crippen LogP contribution in [0.5, 0.6) is 5.75 Å². The lowest BCUT2D eigenvalue weighted by atomic mass is 10.2. The van der Waals surface area contributed by atoms with Crippen molar-refractivity contribution >= 4 is 38.5 Å². The molecule has 0 bridgehead atoms. The number of rotatable bonds is 5. The van der Waals surface area contributed by atoms with E-state index in [0.29, 0.717) is 17.6 Å². The molecule has 2 aromatic carbocycles. The summed E-state index contributed by atoms with van der Waals surface area (Å²) in [7, 11) is -2.12. The summed E-state index contributed by atoms with van der Waals surface area (Å²) in [6.07, 6.45) is -0.257. The van der Waals surface area contributed by atoms with Gasteiger partial charge < -0.3 is 9.64 Å². The largest absolute Gasteiger partial charge is 0.485 e. The van der Waals surface area contributed by atoms with E-state index in [2.05, 4.69) is 20.6 Å². The zero-order valence-electron chi connectivity index (χ0n) is 15.1. The van der Waals surface area contributed by atoms with Crippen LogP contribution >= 0.6 is 11.7 Å². The predicted octanol–water partition coefficient (Wildman–Crippen LogP) is 2.60. The molecule has 0 radical (unpaired) electrons. The molecule has 0 saturated heterocycles. The number of anilines is 1. The maximum Gasteiger partial charge on any atom is 0.245 e. The summed E-state index contributed by atoms with van der Waals surface area (Å²) < 4.78 is 41.9. The first-order valence-corrected chi connectivity index (χ1v) is 10.9. The second kappa shape index (κ2) is 7.06. The second-order valence-corrected chi connectivity index (χ2v) is 8.96. The normalized spacial score (nSPS) is 17.1. The van der Waals surface area contributed by atoms with Gasteiger partial charge in [-0.05, 0) is 31.2 Å². The zero-order chi connectivity index (χ0) is 19.0. The van der Waals surface area contributed by atoms with Crippen LogP contribution in [-0.2, 0) is 10.0 Å². The Bertz CT molecular complexity index is 1070. The first-order valence-electron chi connectivity index (χ1n) is 8.69. The van der Waals surface area contributed by atoms with Crippen molar-refractivity contribution in [3.05, 3.63) is 42.5 Å². The van der Waals surface area contributed by atoms with Crippen molar-refractivity contribution in [1.82, 2.24) is 13.1 Å². The third-order valence-electron chi connectivity index (χ3n) is 4.70. The van der Waals surface area contributed by atoms with Crippen LogP contribution in [0.25, 0.3) is 11.0 Å². The highest BCUT2D eigenvalue weighted by atomic mass is 32.2. The molecule has 27 heavy (non-hydrogen) atoms. The van der Waals surface area contributed by atoms with Crippen molar-refractivity contribution in [3.63, 3.8) is 0 Å². The van der Waals surface area contributed by atoms with Crippen molar-refractivity contribution in [2.45, 2.75) is 17.9 Å². The van der Waals surface area contributed by atoms with Crippen LogP contribution in [-0.4, -0.2) is 54.3 Å². The van der Waals surface area contributed by atoms with Gasteiger partial charge in [0.15, 0.2) is 0 Å². The van der Waals surface area contributed by atoms with E-state index >= 15 is 0 Å². The lowest BCUT2D eigenvalue weighted by Crippen LogP contribution is -2.46. The van der Waals surface area contributed by atoms with Crippen LogP contribution in [0.15, 0.2) is 47.4 Å². The number of likely N-dealkylation sites (N-methyl/N-ethyl adjacent to an activating group) is 2.